The molecule has 0 aliphatic carbocycles. The van der Waals surface area contributed by atoms with E-state index in [1.54, 1.807) is 6.20 Å². The second-order valence-corrected chi connectivity index (χ2v) is 1.79. The smallest absolute Gasteiger partial charge is 0.185 e. The maximum Gasteiger partial charge on any atom is 0.185 e. The zero-order chi connectivity index (χ0) is 7.40. The van der Waals surface area contributed by atoms with E-state index in [1.807, 2.05) is 0 Å². The van der Waals surface area contributed by atoms with Gasteiger partial charge in [-0.3, -0.25) is 4.79 Å². The van der Waals surface area contributed by atoms with Crippen molar-refractivity contribution in [1.82, 2.24) is 9.55 Å². The molecule has 0 bridgehead atoms. The van der Waals surface area contributed by atoms with Crippen molar-refractivity contribution in [3.63, 3.8) is 0 Å². The van der Waals surface area contributed by atoms with Crippen LogP contribution in [0.4, 0.5) is 4.39 Å². The molecule has 0 amide bonds. The Morgan fingerprint density at radius 2 is 2.60 bits per heavy atom. The number of hydrogen-bond acceptors (Lipinski definition) is 2. The molecule has 0 aliphatic rings. The van der Waals surface area contributed by atoms with Crippen LogP contribution in [0.2, 0.25) is 0 Å². The van der Waals surface area contributed by atoms with Crippen LogP contribution >= 0.6 is 0 Å². The summed E-state index contributed by atoms with van der Waals surface area (Å²) in [5, 5.41) is 0. The predicted octanol–water partition coefficient (Wildman–Crippen LogP) is 0.665. The van der Waals surface area contributed by atoms with Crippen molar-refractivity contribution in [1.29, 1.82) is 0 Å². The summed E-state index contributed by atoms with van der Waals surface area (Å²) in [6.45, 7) is -0.273. The van der Waals surface area contributed by atoms with Gasteiger partial charge in [-0.05, 0) is 0 Å². The number of aldehydes is 1. The molecule has 0 saturated carbocycles. The predicted molar refractivity (Wildman–Crippen MR) is 33.6 cm³/mol. The van der Waals surface area contributed by atoms with Gasteiger partial charge in [-0.1, -0.05) is 0 Å². The third kappa shape index (κ3) is 1.21. The highest BCUT2D eigenvalue weighted by molar-refractivity contribution is 5.69. The Morgan fingerprint density at radius 3 is 3.20 bits per heavy atom. The molecule has 0 N–H and O–H groups in total. The standard InChI is InChI=1S/C6H7FN2O/c7-1-3-9-4-2-8-6(9)5-10/h2,4-5H,1,3H2. The van der Waals surface area contributed by atoms with E-state index in [0.29, 0.717) is 6.29 Å². The molecule has 1 heterocycles. The van der Waals surface area contributed by atoms with Gasteiger partial charge < -0.3 is 4.57 Å². The van der Waals surface area contributed by atoms with Crippen LogP contribution in [0.25, 0.3) is 0 Å². The SMILES string of the molecule is O=Cc1nccn1CCF. The van der Waals surface area contributed by atoms with Crippen LogP contribution in [0.15, 0.2) is 12.4 Å². The maximum absolute atomic E-state index is 11.7. The van der Waals surface area contributed by atoms with Gasteiger partial charge in [0.2, 0.25) is 0 Å². The molecule has 4 heteroatoms. The van der Waals surface area contributed by atoms with Crippen LogP contribution < -0.4 is 0 Å². The number of rotatable bonds is 3. The second-order valence-electron chi connectivity index (χ2n) is 1.79. The Labute approximate surface area is 57.5 Å². The van der Waals surface area contributed by atoms with Gasteiger partial charge in [-0.25, -0.2) is 9.37 Å². The van der Waals surface area contributed by atoms with E-state index in [-0.39, 0.29) is 12.4 Å². The number of carbonyl (C=O) groups is 1. The third-order valence-corrected chi connectivity index (χ3v) is 1.18. The number of hydrogen-bond donors (Lipinski definition) is 0. The fraction of sp³-hybridized carbons (Fsp3) is 0.333. The van der Waals surface area contributed by atoms with E-state index in [4.69, 9.17) is 0 Å². The molecular weight excluding hydrogens is 135 g/mol. The highest BCUT2D eigenvalue weighted by Gasteiger charge is 1.97. The molecule has 3 nitrogen and oxygen atoms in total. The van der Waals surface area contributed by atoms with E-state index in [0.717, 1.165) is 0 Å². The van der Waals surface area contributed by atoms with Crippen LogP contribution in [-0.2, 0) is 6.54 Å². The average Bonchev–Trinajstić information content (AvgIpc) is 2.36. The Balaban J connectivity index is 2.79. The lowest BCUT2D eigenvalue weighted by atomic mass is 10.6. The minimum Gasteiger partial charge on any atom is -0.326 e. The van der Waals surface area contributed by atoms with Crippen molar-refractivity contribution in [2.45, 2.75) is 6.54 Å². The maximum atomic E-state index is 11.7. The minimum atomic E-state index is -0.475. The van der Waals surface area contributed by atoms with E-state index in [2.05, 4.69) is 4.98 Å². The summed E-state index contributed by atoms with van der Waals surface area (Å²) in [7, 11) is 0. The molecule has 1 aromatic heterocycles. The summed E-state index contributed by atoms with van der Waals surface area (Å²) in [6, 6.07) is 0. The lowest BCUT2D eigenvalue weighted by Crippen LogP contribution is -2.02. The molecule has 54 valence electrons. The summed E-state index contributed by atoms with van der Waals surface area (Å²) in [6.07, 6.45) is 3.65. The first kappa shape index (κ1) is 6.92. The summed E-state index contributed by atoms with van der Waals surface area (Å²) in [4.78, 5) is 13.8. The molecule has 1 aromatic rings. The van der Waals surface area contributed by atoms with E-state index in [1.165, 1.54) is 10.8 Å². The normalized spacial score (nSPS) is 9.70. The average molecular weight is 142 g/mol. The van der Waals surface area contributed by atoms with Gasteiger partial charge in [-0.2, -0.15) is 0 Å². The Hall–Kier alpha value is -1.19. The van der Waals surface area contributed by atoms with E-state index >= 15 is 0 Å². The molecule has 0 aromatic carbocycles. The number of imidazole rings is 1. The van der Waals surface area contributed by atoms with Gasteiger partial charge in [-0.15, -0.1) is 0 Å². The number of nitrogens with zero attached hydrogens (tertiary/aromatic N) is 2. The van der Waals surface area contributed by atoms with E-state index in [9.17, 15) is 9.18 Å². The van der Waals surface area contributed by atoms with Crippen molar-refractivity contribution in [2.75, 3.05) is 6.67 Å². The Bertz CT molecular complexity index is 221. The highest BCUT2D eigenvalue weighted by atomic mass is 19.1. The second kappa shape index (κ2) is 3.10. The Morgan fingerprint density at radius 1 is 1.80 bits per heavy atom. The van der Waals surface area contributed by atoms with Crippen molar-refractivity contribution in [3.8, 4) is 0 Å². The lowest BCUT2D eigenvalue weighted by Gasteiger charge is -1.96. The number of aromatic nitrogens is 2. The van der Waals surface area contributed by atoms with Gasteiger partial charge in [0.25, 0.3) is 0 Å². The summed E-state index contributed by atoms with van der Waals surface area (Å²) in [5.74, 6) is 0.276. The molecule has 0 radical (unpaired) electrons. The first-order valence-corrected chi connectivity index (χ1v) is 2.90. The third-order valence-electron chi connectivity index (χ3n) is 1.18. The number of aryl methyl sites for hydroxylation is 1. The van der Waals surface area contributed by atoms with Crippen molar-refractivity contribution < 1.29 is 9.18 Å². The Kier molecular flexibility index (Phi) is 2.15. The van der Waals surface area contributed by atoms with Crippen LogP contribution in [-0.4, -0.2) is 22.5 Å². The van der Waals surface area contributed by atoms with E-state index < -0.39 is 6.67 Å². The van der Waals surface area contributed by atoms with Gasteiger partial charge in [0.05, 0.1) is 6.54 Å². The quantitative estimate of drug-likeness (QED) is 0.581. The lowest BCUT2D eigenvalue weighted by molar-refractivity contribution is 0.111. The van der Waals surface area contributed by atoms with Crippen LogP contribution in [0.3, 0.4) is 0 Å². The van der Waals surface area contributed by atoms with Crippen molar-refractivity contribution in [2.24, 2.45) is 0 Å². The van der Waals surface area contributed by atoms with Crippen LogP contribution in [0.1, 0.15) is 10.6 Å². The topological polar surface area (TPSA) is 34.9 Å². The van der Waals surface area contributed by atoms with Crippen LogP contribution in [0, 0.1) is 0 Å². The molecule has 0 spiro atoms. The van der Waals surface area contributed by atoms with Crippen molar-refractivity contribution >= 4 is 6.29 Å². The molecule has 0 atom stereocenters. The molecule has 0 saturated heterocycles. The zero-order valence-corrected chi connectivity index (χ0v) is 5.33. The number of alkyl halides is 1. The molecule has 0 unspecified atom stereocenters. The molecular formula is C6H7FN2O. The first-order chi connectivity index (χ1) is 4.88. The first-order valence-electron chi connectivity index (χ1n) is 2.90. The zero-order valence-electron chi connectivity index (χ0n) is 5.33. The van der Waals surface area contributed by atoms with Crippen LogP contribution in [0.5, 0.6) is 0 Å². The van der Waals surface area contributed by atoms with Crippen molar-refractivity contribution in [3.05, 3.63) is 18.2 Å². The fourth-order valence-electron chi connectivity index (χ4n) is 0.719. The minimum absolute atomic E-state index is 0.202. The largest absolute Gasteiger partial charge is 0.326 e. The summed E-state index contributed by atoms with van der Waals surface area (Å²) in [5.41, 5.74) is 0. The van der Waals surface area contributed by atoms with Gasteiger partial charge in [0, 0.05) is 12.4 Å². The van der Waals surface area contributed by atoms with Gasteiger partial charge in [0.15, 0.2) is 12.1 Å². The highest BCUT2D eigenvalue weighted by Crippen LogP contribution is 1.93. The number of halogens is 1. The monoisotopic (exact) mass is 142 g/mol. The molecule has 0 fully saturated rings. The molecule has 0 aliphatic heterocycles. The number of carbonyl (C=O) groups excluding carboxylic acids is 1. The summed E-state index contributed by atoms with van der Waals surface area (Å²) < 4.78 is 13.2. The molecule has 1 rings (SSSR count). The fourth-order valence-corrected chi connectivity index (χ4v) is 0.719. The van der Waals surface area contributed by atoms with Gasteiger partial charge >= 0.3 is 0 Å². The summed E-state index contributed by atoms with van der Waals surface area (Å²) >= 11 is 0. The molecule has 10 heavy (non-hydrogen) atoms. The van der Waals surface area contributed by atoms with Gasteiger partial charge in [0.1, 0.15) is 6.67 Å².